The number of carbonyl (C=O) groups excluding carboxylic acids is 4. The van der Waals surface area contributed by atoms with Crippen molar-refractivity contribution >= 4 is 34.0 Å². The lowest BCUT2D eigenvalue weighted by Crippen LogP contribution is -2.59. The van der Waals surface area contributed by atoms with Gasteiger partial charge in [-0.3, -0.25) is 23.7 Å². The van der Waals surface area contributed by atoms with Gasteiger partial charge in [0, 0.05) is 0 Å². The van der Waals surface area contributed by atoms with Crippen LogP contribution in [-0.4, -0.2) is 84.9 Å². The van der Waals surface area contributed by atoms with Gasteiger partial charge in [-0.2, -0.15) is 17.2 Å². The van der Waals surface area contributed by atoms with E-state index in [2.05, 4.69) is 4.74 Å². The fourth-order valence-electron chi connectivity index (χ4n) is 8.22. The summed E-state index contributed by atoms with van der Waals surface area (Å²) in [6.45, 7) is 0.277. The highest BCUT2D eigenvalue weighted by Gasteiger charge is 2.72. The Morgan fingerprint density at radius 1 is 1.02 bits per heavy atom. The van der Waals surface area contributed by atoms with E-state index in [1.807, 2.05) is 6.92 Å². The summed E-state index contributed by atoms with van der Waals surface area (Å²) in [6.07, 6.45) is -3.69. The Kier molecular flexibility index (Phi) is 7.08. The number of rotatable bonds is 10. The molecule has 3 aliphatic heterocycles. The van der Waals surface area contributed by atoms with Gasteiger partial charge in [0.15, 0.2) is 12.2 Å². The first-order valence-electron chi connectivity index (χ1n) is 14.0. The molecule has 7 atom stereocenters. The minimum Gasteiger partial charge on any atom is -0.462 e. The second-order valence-corrected chi connectivity index (χ2v) is 14.1. The number of fused-ring (bicyclic) bond motifs is 1. The van der Waals surface area contributed by atoms with Crippen molar-refractivity contribution in [2.75, 3.05) is 6.61 Å². The van der Waals surface area contributed by atoms with Gasteiger partial charge in [-0.1, -0.05) is 0 Å². The molecule has 1 N–H and O–H groups in total. The van der Waals surface area contributed by atoms with Crippen molar-refractivity contribution in [3.05, 3.63) is 0 Å². The SMILES string of the molecule is CC1(OC(=O)C2C3OC4C(OC(=O)C42)C3OC(=O)CCC(=O)OCC(F)C(F)(F)S(=O)(=O)O)C2CC3CC(C2)CC1C3. The van der Waals surface area contributed by atoms with Crippen molar-refractivity contribution in [2.24, 2.45) is 35.5 Å². The van der Waals surface area contributed by atoms with Gasteiger partial charge < -0.3 is 23.7 Å². The molecule has 0 aromatic rings. The van der Waals surface area contributed by atoms with Crippen molar-refractivity contribution < 1.29 is 69.0 Å². The van der Waals surface area contributed by atoms with E-state index in [1.165, 1.54) is 6.42 Å². The van der Waals surface area contributed by atoms with Gasteiger partial charge in [0.25, 0.3) is 0 Å². The molecule has 42 heavy (non-hydrogen) atoms. The maximum atomic E-state index is 13.6. The van der Waals surface area contributed by atoms with Gasteiger partial charge >= 0.3 is 39.2 Å². The number of halogens is 3. The van der Waals surface area contributed by atoms with Crippen LogP contribution in [0.4, 0.5) is 13.2 Å². The van der Waals surface area contributed by atoms with Crippen LogP contribution in [0.5, 0.6) is 0 Å². The van der Waals surface area contributed by atoms with E-state index in [4.69, 9.17) is 23.5 Å². The second kappa shape index (κ2) is 10.0. The summed E-state index contributed by atoms with van der Waals surface area (Å²) in [5, 5.41) is -5.20. The topological polar surface area (TPSA) is 169 Å². The molecule has 4 aliphatic carbocycles. The zero-order valence-corrected chi connectivity index (χ0v) is 23.3. The molecule has 7 rings (SSSR count). The van der Waals surface area contributed by atoms with E-state index in [9.17, 15) is 40.8 Å². The minimum absolute atomic E-state index is 0.237. The Morgan fingerprint density at radius 2 is 1.62 bits per heavy atom. The van der Waals surface area contributed by atoms with Gasteiger partial charge in [0.1, 0.15) is 36.3 Å². The summed E-state index contributed by atoms with van der Waals surface area (Å²) in [7, 11) is -6.08. The predicted molar refractivity (Wildman–Crippen MR) is 129 cm³/mol. The summed E-state index contributed by atoms with van der Waals surface area (Å²) < 4.78 is 96.7. The Labute approximate surface area is 238 Å². The number of hydrogen-bond acceptors (Lipinski definition) is 11. The fourth-order valence-corrected chi connectivity index (χ4v) is 8.61. The Bertz CT molecular complexity index is 1260. The van der Waals surface area contributed by atoms with Crippen LogP contribution in [-0.2, 0) is 53.0 Å². The van der Waals surface area contributed by atoms with E-state index in [0.717, 1.165) is 25.7 Å². The van der Waals surface area contributed by atoms with E-state index < -0.39 is 107 Å². The van der Waals surface area contributed by atoms with E-state index in [0.29, 0.717) is 11.8 Å². The average molecular weight is 625 g/mol. The first-order valence-corrected chi connectivity index (χ1v) is 15.5. The van der Waals surface area contributed by atoms with Crippen molar-refractivity contribution in [1.29, 1.82) is 0 Å². The number of hydrogen-bond donors (Lipinski definition) is 1. The minimum atomic E-state index is -6.08. The normalized spacial score (nSPS) is 41.9. The molecule has 234 valence electrons. The molecule has 12 nitrogen and oxygen atoms in total. The van der Waals surface area contributed by atoms with Gasteiger partial charge in [0.05, 0.1) is 12.8 Å². The molecule has 7 fully saturated rings. The number of esters is 4. The van der Waals surface area contributed by atoms with Crippen molar-refractivity contribution in [1.82, 2.24) is 0 Å². The largest absolute Gasteiger partial charge is 0.462 e. The molecule has 0 amide bonds. The van der Waals surface area contributed by atoms with Crippen LogP contribution < -0.4 is 0 Å². The zero-order chi connectivity index (χ0) is 30.4. The monoisotopic (exact) mass is 624 g/mol. The highest BCUT2D eigenvalue weighted by Crippen LogP contribution is 2.60. The van der Waals surface area contributed by atoms with Crippen LogP contribution >= 0.6 is 0 Å². The van der Waals surface area contributed by atoms with Gasteiger partial charge in [-0.05, 0) is 62.7 Å². The Morgan fingerprint density at radius 3 is 2.21 bits per heavy atom. The third-order valence-electron chi connectivity index (χ3n) is 10.2. The van der Waals surface area contributed by atoms with Crippen molar-refractivity contribution in [3.8, 4) is 0 Å². The first kappa shape index (κ1) is 29.6. The predicted octanol–water partition coefficient (Wildman–Crippen LogP) is 1.74. The maximum absolute atomic E-state index is 13.6. The van der Waals surface area contributed by atoms with E-state index in [1.54, 1.807) is 0 Å². The Hall–Kier alpha value is -2.46. The maximum Gasteiger partial charge on any atom is 0.403 e. The molecule has 0 radical (unpaired) electrons. The third kappa shape index (κ3) is 4.68. The third-order valence-corrected chi connectivity index (χ3v) is 11.1. The van der Waals surface area contributed by atoms with Gasteiger partial charge in [-0.15, -0.1) is 0 Å². The highest BCUT2D eigenvalue weighted by molar-refractivity contribution is 7.86. The molecule has 0 aromatic heterocycles. The smallest absolute Gasteiger partial charge is 0.403 e. The molecule has 16 heteroatoms. The lowest BCUT2D eigenvalue weighted by Gasteiger charge is -2.59. The van der Waals surface area contributed by atoms with Gasteiger partial charge in [0.2, 0.25) is 6.17 Å². The molecule has 3 heterocycles. The number of ether oxygens (including phenoxy) is 5. The van der Waals surface area contributed by atoms with Gasteiger partial charge in [-0.25, -0.2) is 4.39 Å². The molecule has 7 unspecified atom stereocenters. The molecule has 0 spiro atoms. The lowest BCUT2D eigenvalue weighted by atomic mass is 9.50. The van der Waals surface area contributed by atoms with E-state index >= 15 is 0 Å². The summed E-state index contributed by atoms with van der Waals surface area (Å²) in [5.74, 6) is -3.75. The molecule has 4 saturated carbocycles. The average Bonchev–Trinajstić information content (AvgIpc) is 3.52. The van der Waals surface area contributed by atoms with Crippen LogP contribution in [0.2, 0.25) is 0 Å². The number of carbonyl (C=O) groups is 4. The molecule has 3 saturated heterocycles. The van der Waals surface area contributed by atoms with Crippen molar-refractivity contribution in [2.45, 2.75) is 93.3 Å². The fraction of sp³-hybridized carbons (Fsp3) is 0.846. The molecule has 0 aromatic carbocycles. The molecular formula is C26H31F3O12S. The van der Waals surface area contributed by atoms with Crippen LogP contribution in [0.1, 0.15) is 51.9 Å². The highest BCUT2D eigenvalue weighted by atomic mass is 32.2. The van der Waals surface area contributed by atoms with Crippen LogP contribution in [0.3, 0.4) is 0 Å². The van der Waals surface area contributed by atoms with Crippen LogP contribution in [0.15, 0.2) is 0 Å². The summed E-state index contributed by atoms with van der Waals surface area (Å²) in [5.41, 5.74) is -0.662. The van der Waals surface area contributed by atoms with Crippen LogP contribution in [0, 0.1) is 35.5 Å². The zero-order valence-electron chi connectivity index (χ0n) is 22.5. The number of alkyl halides is 3. The summed E-state index contributed by atoms with van der Waals surface area (Å²) >= 11 is 0. The molecule has 7 aliphatic rings. The van der Waals surface area contributed by atoms with E-state index in [-0.39, 0.29) is 11.8 Å². The standard InChI is InChI=1S/C26H31F3O12S/c1-25(12-5-10-4-11(7-12)8-13(25)6-10)41-24(33)18-17-19-22(40-23(17)32)21(20(18)39-19)38-16(31)3-2-15(30)37-9-14(27)26(28,29)42(34,35)36/h10-14,17-22H,2-9H2,1H3,(H,34,35,36). The molecule has 6 bridgehead atoms. The quantitative estimate of drug-likeness (QED) is 0.213. The van der Waals surface area contributed by atoms with Crippen LogP contribution in [0.25, 0.3) is 0 Å². The Balaban J connectivity index is 1.05. The summed E-state index contributed by atoms with van der Waals surface area (Å²) in [4.78, 5) is 50.7. The first-order chi connectivity index (χ1) is 19.6. The molecular weight excluding hydrogens is 593 g/mol. The lowest BCUT2D eigenvalue weighted by molar-refractivity contribution is -0.210. The second-order valence-electron chi connectivity index (χ2n) is 12.6. The summed E-state index contributed by atoms with van der Waals surface area (Å²) in [6, 6.07) is 0. The van der Waals surface area contributed by atoms with Crippen molar-refractivity contribution in [3.63, 3.8) is 0 Å².